The van der Waals surface area contributed by atoms with Gasteiger partial charge >= 0.3 is 0 Å². The lowest BCUT2D eigenvalue weighted by atomic mass is 10.4. The predicted octanol–water partition coefficient (Wildman–Crippen LogP) is 1.83. The second-order valence-corrected chi connectivity index (χ2v) is 3.70. The van der Waals surface area contributed by atoms with Gasteiger partial charge in [-0.25, -0.2) is 15.0 Å². The van der Waals surface area contributed by atoms with Gasteiger partial charge in [-0.3, -0.25) is 4.57 Å². The Morgan fingerprint density at radius 2 is 2.06 bits per heavy atom. The lowest BCUT2D eigenvalue weighted by Gasteiger charge is -2.09. The summed E-state index contributed by atoms with van der Waals surface area (Å²) in [5.74, 6) is 3.55. The molecule has 0 bridgehead atoms. The van der Waals surface area contributed by atoms with E-state index >= 15 is 0 Å². The van der Waals surface area contributed by atoms with Crippen LogP contribution < -0.4 is 5.32 Å². The summed E-state index contributed by atoms with van der Waals surface area (Å²) in [6.45, 7) is 4.13. The molecule has 0 atom stereocenters. The minimum absolute atomic E-state index is 0.818. The molecule has 0 radical (unpaired) electrons. The average Bonchev–Trinajstić information content (AvgIpc) is 2.86. The molecule has 90 valence electrons. The molecule has 0 fully saturated rings. The highest BCUT2D eigenvalue weighted by Crippen LogP contribution is 2.13. The van der Waals surface area contributed by atoms with E-state index in [1.165, 1.54) is 0 Å². The minimum atomic E-state index is 0.818. The van der Waals surface area contributed by atoms with Gasteiger partial charge in [-0.1, -0.05) is 13.8 Å². The number of aromatic nitrogens is 4. The fourth-order valence-electron chi connectivity index (χ4n) is 1.70. The molecule has 0 aromatic carbocycles. The first kappa shape index (κ1) is 11.6. The van der Waals surface area contributed by atoms with Crippen molar-refractivity contribution in [2.45, 2.75) is 26.7 Å². The van der Waals surface area contributed by atoms with Gasteiger partial charge in [0.2, 0.25) is 0 Å². The van der Waals surface area contributed by atoms with Gasteiger partial charge in [0.15, 0.2) is 0 Å². The molecule has 0 saturated heterocycles. The molecule has 0 aliphatic heterocycles. The van der Waals surface area contributed by atoms with Crippen LogP contribution in [-0.4, -0.2) is 26.6 Å². The van der Waals surface area contributed by atoms with Crippen LogP contribution in [0.15, 0.2) is 18.5 Å². The average molecular weight is 231 g/mol. The van der Waals surface area contributed by atoms with Crippen LogP contribution in [0.2, 0.25) is 0 Å². The van der Waals surface area contributed by atoms with E-state index in [0.717, 1.165) is 36.1 Å². The third kappa shape index (κ3) is 2.27. The summed E-state index contributed by atoms with van der Waals surface area (Å²) in [5.41, 5.74) is 0. The van der Waals surface area contributed by atoms with E-state index in [1.54, 1.807) is 6.20 Å². The smallest absolute Gasteiger partial charge is 0.143 e. The molecule has 1 N–H and O–H groups in total. The highest BCUT2D eigenvalue weighted by molar-refractivity contribution is 5.41. The topological polar surface area (TPSA) is 55.6 Å². The van der Waals surface area contributed by atoms with Crippen molar-refractivity contribution in [3.8, 4) is 5.82 Å². The molecule has 0 aliphatic carbocycles. The maximum absolute atomic E-state index is 4.52. The Morgan fingerprint density at radius 3 is 2.71 bits per heavy atom. The van der Waals surface area contributed by atoms with E-state index in [-0.39, 0.29) is 0 Å². The largest absolute Gasteiger partial charge is 0.373 e. The van der Waals surface area contributed by atoms with Crippen LogP contribution in [0.4, 0.5) is 5.82 Å². The van der Waals surface area contributed by atoms with Gasteiger partial charge in [0.05, 0.1) is 0 Å². The number of anilines is 1. The fraction of sp³-hybridized carbons (Fsp3) is 0.417. The number of rotatable bonds is 4. The molecule has 0 spiro atoms. The van der Waals surface area contributed by atoms with Crippen molar-refractivity contribution >= 4 is 5.82 Å². The predicted molar refractivity (Wildman–Crippen MR) is 67.5 cm³/mol. The SMILES string of the molecule is CCc1nc(NC)cc(-n2ccnc2CC)n1. The van der Waals surface area contributed by atoms with Crippen molar-refractivity contribution in [2.75, 3.05) is 12.4 Å². The third-order valence-electron chi connectivity index (χ3n) is 2.61. The quantitative estimate of drug-likeness (QED) is 0.872. The van der Waals surface area contributed by atoms with Crippen LogP contribution >= 0.6 is 0 Å². The molecular formula is C12H17N5. The van der Waals surface area contributed by atoms with Crippen molar-refractivity contribution in [1.82, 2.24) is 19.5 Å². The highest BCUT2D eigenvalue weighted by Gasteiger charge is 2.07. The number of hydrogen-bond donors (Lipinski definition) is 1. The molecule has 5 heteroatoms. The molecule has 5 nitrogen and oxygen atoms in total. The Morgan fingerprint density at radius 1 is 1.24 bits per heavy atom. The van der Waals surface area contributed by atoms with E-state index < -0.39 is 0 Å². The second-order valence-electron chi connectivity index (χ2n) is 3.70. The van der Waals surface area contributed by atoms with Gasteiger partial charge in [0.25, 0.3) is 0 Å². The monoisotopic (exact) mass is 231 g/mol. The Balaban J connectivity index is 2.51. The zero-order chi connectivity index (χ0) is 12.3. The standard InChI is InChI=1S/C12H17N5/c1-4-9-15-10(13-3)8-12(16-9)17-7-6-14-11(17)5-2/h6-8H,4-5H2,1-3H3,(H,13,15,16). The summed E-state index contributed by atoms with van der Waals surface area (Å²) < 4.78 is 2.00. The first-order chi connectivity index (χ1) is 8.28. The molecule has 2 rings (SSSR count). The lowest BCUT2D eigenvalue weighted by Crippen LogP contribution is -2.07. The number of hydrogen-bond acceptors (Lipinski definition) is 4. The van der Waals surface area contributed by atoms with Crippen LogP contribution in [0.25, 0.3) is 5.82 Å². The van der Waals surface area contributed by atoms with Gasteiger partial charge in [0, 0.05) is 38.3 Å². The summed E-state index contributed by atoms with van der Waals surface area (Å²) in [4.78, 5) is 13.2. The van der Waals surface area contributed by atoms with Gasteiger partial charge in [-0.15, -0.1) is 0 Å². The Bertz CT molecular complexity index is 481. The molecule has 0 saturated carbocycles. The minimum Gasteiger partial charge on any atom is -0.373 e. The molecule has 2 aromatic rings. The molecule has 2 aromatic heterocycles. The Kier molecular flexibility index (Phi) is 3.37. The molecule has 2 heterocycles. The zero-order valence-corrected chi connectivity index (χ0v) is 10.4. The van der Waals surface area contributed by atoms with E-state index in [1.807, 2.05) is 30.8 Å². The van der Waals surface area contributed by atoms with Gasteiger partial charge in [-0.2, -0.15) is 0 Å². The fourth-order valence-corrected chi connectivity index (χ4v) is 1.70. The Hall–Kier alpha value is -1.91. The van der Waals surface area contributed by atoms with Crippen molar-refractivity contribution in [3.63, 3.8) is 0 Å². The number of imidazole rings is 1. The van der Waals surface area contributed by atoms with Gasteiger partial charge in [0.1, 0.15) is 23.3 Å². The molecular weight excluding hydrogens is 214 g/mol. The molecule has 0 aliphatic rings. The van der Waals surface area contributed by atoms with E-state index in [0.29, 0.717) is 0 Å². The second kappa shape index (κ2) is 4.95. The third-order valence-corrected chi connectivity index (χ3v) is 2.61. The van der Waals surface area contributed by atoms with Gasteiger partial charge in [-0.05, 0) is 0 Å². The zero-order valence-electron chi connectivity index (χ0n) is 10.4. The summed E-state index contributed by atoms with van der Waals surface area (Å²) in [7, 11) is 1.86. The summed E-state index contributed by atoms with van der Waals surface area (Å²) in [5, 5.41) is 3.06. The van der Waals surface area contributed by atoms with Gasteiger partial charge < -0.3 is 5.32 Å². The summed E-state index contributed by atoms with van der Waals surface area (Å²) in [6.07, 6.45) is 5.43. The highest BCUT2D eigenvalue weighted by atomic mass is 15.1. The lowest BCUT2D eigenvalue weighted by molar-refractivity contribution is 0.836. The molecule has 0 amide bonds. The molecule has 0 unspecified atom stereocenters. The molecule has 17 heavy (non-hydrogen) atoms. The Labute approximate surface area is 101 Å². The normalized spacial score (nSPS) is 10.5. The van der Waals surface area contributed by atoms with Crippen molar-refractivity contribution in [1.29, 1.82) is 0 Å². The van der Waals surface area contributed by atoms with Crippen molar-refractivity contribution < 1.29 is 0 Å². The van der Waals surface area contributed by atoms with Crippen LogP contribution in [0.1, 0.15) is 25.5 Å². The van der Waals surface area contributed by atoms with Crippen LogP contribution in [0.3, 0.4) is 0 Å². The number of nitrogens with zero attached hydrogens (tertiary/aromatic N) is 4. The van der Waals surface area contributed by atoms with E-state index in [2.05, 4.69) is 27.2 Å². The maximum atomic E-state index is 4.52. The van der Waals surface area contributed by atoms with Crippen molar-refractivity contribution in [3.05, 3.63) is 30.1 Å². The van der Waals surface area contributed by atoms with Crippen LogP contribution in [0.5, 0.6) is 0 Å². The van der Waals surface area contributed by atoms with Crippen LogP contribution in [0, 0.1) is 0 Å². The number of aryl methyl sites for hydroxylation is 2. The first-order valence-electron chi connectivity index (χ1n) is 5.86. The summed E-state index contributed by atoms with van der Waals surface area (Å²) >= 11 is 0. The van der Waals surface area contributed by atoms with E-state index in [4.69, 9.17) is 0 Å². The number of nitrogens with one attached hydrogen (secondary N) is 1. The van der Waals surface area contributed by atoms with E-state index in [9.17, 15) is 0 Å². The summed E-state index contributed by atoms with van der Waals surface area (Å²) in [6, 6.07) is 1.93. The first-order valence-corrected chi connectivity index (χ1v) is 5.86. The maximum Gasteiger partial charge on any atom is 0.143 e. The van der Waals surface area contributed by atoms with Crippen molar-refractivity contribution in [2.24, 2.45) is 0 Å². The van der Waals surface area contributed by atoms with Crippen LogP contribution in [-0.2, 0) is 12.8 Å².